The van der Waals surface area contributed by atoms with Gasteiger partial charge in [0.1, 0.15) is 6.61 Å². The first-order valence-corrected chi connectivity index (χ1v) is 7.13. The number of nitrogens with one attached hydrogen (secondary N) is 1. The molecule has 0 spiro atoms. The number of hydrogen-bond acceptors (Lipinski definition) is 3. The van der Waals surface area contributed by atoms with Crippen LogP contribution in [0.5, 0.6) is 0 Å². The minimum atomic E-state index is -4.21. The maximum absolute atomic E-state index is 12.0. The summed E-state index contributed by atoms with van der Waals surface area (Å²) in [5.41, 5.74) is 0. The molecule has 0 saturated carbocycles. The predicted octanol–water partition coefficient (Wildman–Crippen LogP) is 2.17. The standard InChI is InChI=1S/C13H23F3N2O/c1-2-17-10-7-11-3-4-12(8-10)18(11)5-6-19-9-13(14,15)16/h10-12,17H,2-9H2,1H3. The maximum Gasteiger partial charge on any atom is 0.411 e. The Labute approximate surface area is 112 Å². The zero-order valence-corrected chi connectivity index (χ0v) is 11.4. The van der Waals surface area contributed by atoms with Crippen molar-refractivity contribution < 1.29 is 17.9 Å². The summed E-state index contributed by atoms with van der Waals surface area (Å²) >= 11 is 0. The summed E-state index contributed by atoms with van der Waals surface area (Å²) in [6.07, 6.45) is 0.363. The number of hydrogen-bond donors (Lipinski definition) is 1. The third kappa shape index (κ3) is 4.33. The van der Waals surface area contributed by atoms with Crippen molar-refractivity contribution in [3.63, 3.8) is 0 Å². The molecule has 0 aliphatic carbocycles. The van der Waals surface area contributed by atoms with Crippen molar-refractivity contribution in [3.05, 3.63) is 0 Å². The molecule has 112 valence electrons. The average Bonchev–Trinajstić information content (AvgIpc) is 2.56. The van der Waals surface area contributed by atoms with Gasteiger partial charge in [0.2, 0.25) is 0 Å². The van der Waals surface area contributed by atoms with Gasteiger partial charge in [-0.3, -0.25) is 4.90 Å². The van der Waals surface area contributed by atoms with Crippen molar-refractivity contribution in [3.8, 4) is 0 Å². The van der Waals surface area contributed by atoms with E-state index < -0.39 is 12.8 Å². The lowest BCUT2D eigenvalue weighted by molar-refractivity contribution is -0.175. The van der Waals surface area contributed by atoms with E-state index in [1.807, 2.05) is 0 Å². The van der Waals surface area contributed by atoms with E-state index in [9.17, 15) is 13.2 Å². The van der Waals surface area contributed by atoms with Crippen LogP contribution in [0.4, 0.5) is 13.2 Å². The molecule has 0 amide bonds. The third-order valence-electron chi connectivity index (χ3n) is 4.14. The minimum Gasteiger partial charge on any atom is -0.371 e. The lowest BCUT2D eigenvalue weighted by Crippen LogP contribution is -2.50. The highest BCUT2D eigenvalue weighted by molar-refractivity contribution is 4.97. The molecule has 0 aromatic rings. The molecule has 2 aliphatic rings. The van der Waals surface area contributed by atoms with Crippen molar-refractivity contribution in [1.29, 1.82) is 0 Å². The fourth-order valence-electron chi connectivity index (χ4n) is 3.45. The molecule has 2 heterocycles. The van der Waals surface area contributed by atoms with Gasteiger partial charge in [0.05, 0.1) is 6.61 Å². The molecule has 2 fully saturated rings. The molecule has 3 nitrogen and oxygen atoms in total. The van der Waals surface area contributed by atoms with Crippen molar-refractivity contribution in [2.24, 2.45) is 0 Å². The summed E-state index contributed by atoms with van der Waals surface area (Å²) < 4.78 is 40.6. The Morgan fingerprint density at radius 2 is 1.84 bits per heavy atom. The van der Waals surface area contributed by atoms with Crippen LogP contribution in [0, 0.1) is 0 Å². The van der Waals surface area contributed by atoms with Crippen molar-refractivity contribution >= 4 is 0 Å². The number of fused-ring (bicyclic) bond motifs is 2. The number of halogens is 3. The molecule has 6 heteroatoms. The molecular weight excluding hydrogens is 257 g/mol. The molecule has 2 unspecified atom stereocenters. The maximum atomic E-state index is 12.0. The highest BCUT2D eigenvalue weighted by atomic mass is 19.4. The molecule has 19 heavy (non-hydrogen) atoms. The van der Waals surface area contributed by atoms with Crippen LogP contribution in [-0.2, 0) is 4.74 Å². The predicted molar refractivity (Wildman–Crippen MR) is 67.1 cm³/mol. The second-order valence-electron chi connectivity index (χ2n) is 5.52. The lowest BCUT2D eigenvalue weighted by atomic mass is 9.97. The average molecular weight is 280 g/mol. The second-order valence-corrected chi connectivity index (χ2v) is 5.52. The Morgan fingerprint density at radius 3 is 2.37 bits per heavy atom. The van der Waals surface area contributed by atoms with Crippen LogP contribution in [0.15, 0.2) is 0 Å². The first-order chi connectivity index (χ1) is 8.99. The van der Waals surface area contributed by atoms with Crippen molar-refractivity contribution in [2.75, 3.05) is 26.3 Å². The summed E-state index contributed by atoms with van der Waals surface area (Å²) in [7, 11) is 0. The van der Waals surface area contributed by atoms with Crippen LogP contribution >= 0.6 is 0 Å². The first kappa shape index (κ1) is 15.1. The molecule has 2 saturated heterocycles. The fraction of sp³-hybridized carbons (Fsp3) is 1.00. The summed E-state index contributed by atoms with van der Waals surface area (Å²) in [5, 5.41) is 3.49. The summed E-state index contributed by atoms with van der Waals surface area (Å²) in [4.78, 5) is 2.35. The van der Waals surface area contributed by atoms with Gasteiger partial charge < -0.3 is 10.1 Å². The Morgan fingerprint density at radius 1 is 1.21 bits per heavy atom. The molecular formula is C13H23F3N2O. The topological polar surface area (TPSA) is 24.5 Å². The van der Waals surface area contributed by atoms with Gasteiger partial charge in [-0.1, -0.05) is 6.92 Å². The van der Waals surface area contributed by atoms with E-state index in [4.69, 9.17) is 4.74 Å². The highest BCUT2D eigenvalue weighted by Crippen LogP contribution is 2.35. The summed E-state index contributed by atoms with van der Waals surface area (Å²) in [6, 6.07) is 1.63. The van der Waals surface area contributed by atoms with Gasteiger partial charge in [0, 0.05) is 24.7 Å². The largest absolute Gasteiger partial charge is 0.411 e. The van der Waals surface area contributed by atoms with Crippen molar-refractivity contribution in [2.45, 2.75) is 56.9 Å². The minimum absolute atomic E-state index is 0.179. The molecule has 0 aromatic carbocycles. The van der Waals surface area contributed by atoms with Gasteiger partial charge in [0.15, 0.2) is 0 Å². The van der Waals surface area contributed by atoms with Gasteiger partial charge in [0.25, 0.3) is 0 Å². The van der Waals surface area contributed by atoms with Gasteiger partial charge in [-0.25, -0.2) is 0 Å². The van der Waals surface area contributed by atoms with Gasteiger partial charge in [-0.15, -0.1) is 0 Å². The number of rotatable bonds is 6. The smallest absolute Gasteiger partial charge is 0.371 e. The van der Waals surface area contributed by atoms with Crippen LogP contribution in [-0.4, -0.2) is 55.5 Å². The number of ether oxygens (including phenoxy) is 1. The van der Waals surface area contributed by atoms with E-state index in [0.29, 0.717) is 24.7 Å². The zero-order chi connectivity index (χ0) is 13.9. The summed E-state index contributed by atoms with van der Waals surface area (Å²) in [5.74, 6) is 0. The first-order valence-electron chi connectivity index (χ1n) is 7.13. The lowest BCUT2D eigenvalue weighted by Gasteiger charge is -2.39. The van der Waals surface area contributed by atoms with E-state index in [1.165, 1.54) is 12.8 Å². The highest BCUT2D eigenvalue weighted by Gasteiger charge is 2.40. The Kier molecular flexibility index (Phi) is 5.09. The van der Waals surface area contributed by atoms with Gasteiger partial charge in [-0.2, -0.15) is 13.2 Å². The molecule has 2 rings (SSSR count). The van der Waals surface area contributed by atoms with E-state index >= 15 is 0 Å². The summed E-state index contributed by atoms with van der Waals surface area (Å²) in [6.45, 7) is 2.77. The van der Waals surface area contributed by atoms with Crippen LogP contribution < -0.4 is 5.32 Å². The molecule has 2 bridgehead atoms. The van der Waals surface area contributed by atoms with Crippen LogP contribution in [0.1, 0.15) is 32.6 Å². The number of piperidine rings is 1. The fourth-order valence-corrected chi connectivity index (χ4v) is 3.45. The normalized spacial score (nSPS) is 31.9. The molecule has 2 aliphatic heterocycles. The van der Waals surface area contributed by atoms with Crippen LogP contribution in [0.2, 0.25) is 0 Å². The zero-order valence-electron chi connectivity index (χ0n) is 11.4. The molecule has 0 aromatic heterocycles. The monoisotopic (exact) mass is 280 g/mol. The van der Waals surface area contributed by atoms with Gasteiger partial charge >= 0.3 is 6.18 Å². The quantitative estimate of drug-likeness (QED) is 0.755. The van der Waals surface area contributed by atoms with E-state index in [1.54, 1.807) is 0 Å². The number of alkyl halides is 3. The Hall–Kier alpha value is -0.330. The van der Waals surface area contributed by atoms with E-state index in [-0.39, 0.29) is 6.61 Å². The second kappa shape index (κ2) is 6.41. The third-order valence-corrected chi connectivity index (χ3v) is 4.14. The SMILES string of the molecule is CCNC1CC2CCC(C1)N2CCOCC(F)(F)F. The van der Waals surface area contributed by atoms with E-state index in [2.05, 4.69) is 17.1 Å². The van der Waals surface area contributed by atoms with Gasteiger partial charge in [-0.05, 0) is 32.2 Å². The molecule has 0 radical (unpaired) electrons. The van der Waals surface area contributed by atoms with Crippen LogP contribution in [0.3, 0.4) is 0 Å². The Bertz CT molecular complexity index is 272. The Balaban J connectivity index is 1.71. The number of nitrogens with zero attached hydrogens (tertiary/aromatic N) is 1. The molecule has 2 atom stereocenters. The molecule has 1 N–H and O–H groups in total. The van der Waals surface area contributed by atoms with E-state index in [0.717, 1.165) is 19.4 Å². The van der Waals surface area contributed by atoms with Crippen LogP contribution in [0.25, 0.3) is 0 Å². The van der Waals surface area contributed by atoms with Crippen molar-refractivity contribution in [1.82, 2.24) is 10.2 Å².